The van der Waals surface area contributed by atoms with E-state index in [9.17, 15) is 43.0 Å². The van der Waals surface area contributed by atoms with Crippen LogP contribution < -0.4 is 22.3 Å². The fraction of sp³-hybridized carbons (Fsp3) is 0.588. The summed E-state index contributed by atoms with van der Waals surface area (Å²) in [6.45, 7) is -0.496. The van der Waals surface area contributed by atoms with Gasteiger partial charge in [0.15, 0.2) is 0 Å². The topological polar surface area (TPSA) is 299 Å². The smallest absolute Gasteiger partial charge is 0.390 e. The first-order chi connectivity index (χ1) is 19.0. The number of aliphatic hydroxyl groups excluding tert-OH is 1. The second kappa shape index (κ2) is 16.0. The van der Waals surface area contributed by atoms with Crippen LogP contribution in [0.15, 0.2) is 15.8 Å². The minimum atomic E-state index is -5.74. The Balaban J connectivity index is 1.98. The summed E-state index contributed by atoms with van der Waals surface area (Å²) >= 11 is 0. The van der Waals surface area contributed by atoms with Crippen LogP contribution in [0.1, 0.15) is 24.6 Å². The van der Waals surface area contributed by atoms with Gasteiger partial charge in [-0.1, -0.05) is 33.4 Å². The monoisotopic (exact) mass is 684 g/mol. The van der Waals surface area contributed by atoms with Gasteiger partial charge in [0.25, 0.3) is 5.56 Å². The summed E-state index contributed by atoms with van der Waals surface area (Å²) in [5.74, 6) is 6.17. The molecule has 1 fully saturated rings. The highest BCUT2D eigenvalue weighted by Gasteiger charge is 2.43. The molecule has 232 valence electrons. The quantitative estimate of drug-likeness (QED) is 0.0462. The van der Waals surface area contributed by atoms with E-state index in [1.165, 1.54) is 10.8 Å². The number of carbonyl (C=O) groups excluding carboxylic acids is 1. The van der Waals surface area contributed by atoms with E-state index in [4.69, 9.17) is 20.3 Å². The van der Waals surface area contributed by atoms with E-state index in [-0.39, 0.29) is 30.9 Å². The van der Waals surface area contributed by atoms with Gasteiger partial charge in [-0.3, -0.25) is 23.7 Å². The largest absolute Gasteiger partial charge is 0.490 e. The van der Waals surface area contributed by atoms with Gasteiger partial charge in [-0.25, -0.2) is 18.5 Å². The zero-order valence-corrected chi connectivity index (χ0v) is 25.1. The number of aromatic amines is 1. The molecule has 2 heterocycles. The molecule has 24 heteroatoms. The second-order valence-electron chi connectivity index (χ2n) is 7.79. The molecule has 1 amide bonds. The Morgan fingerprint density at radius 2 is 1.85 bits per heavy atom. The predicted octanol–water partition coefficient (Wildman–Crippen LogP) is -1.27. The predicted molar refractivity (Wildman–Crippen MR) is 144 cm³/mol. The fourth-order valence-corrected chi connectivity index (χ4v) is 7.84. The highest BCUT2D eigenvalue weighted by atomic mass is 33.1. The summed E-state index contributed by atoms with van der Waals surface area (Å²) in [4.78, 5) is 74.2. The van der Waals surface area contributed by atoms with Crippen LogP contribution in [0, 0.1) is 11.8 Å². The van der Waals surface area contributed by atoms with Crippen LogP contribution >= 0.6 is 45.1 Å². The Bertz CT molecular complexity index is 1390. The van der Waals surface area contributed by atoms with Crippen molar-refractivity contribution in [2.24, 2.45) is 5.73 Å². The Morgan fingerprint density at radius 3 is 2.51 bits per heavy atom. The summed E-state index contributed by atoms with van der Waals surface area (Å²) in [6, 6.07) is 0. The van der Waals surface area contributed by atoms with Crippen molar-refractivity contribution >= 4 is 51.0 Å². The number of rotatable bonds is 15. The van der Waals surface area contributed by atoms with Crippen LogP contribution in [0.2, 0.25) is 0 Å². The van der Waals surface area contributed by atoms with Crippen molar-refractivity contribution in [3.63, 3.8) is 0 Å². The van der Waals surface area contributed by atoms with Gasteiger partial charge in [0, 0.05) is 37.1 Å². The second-order valence-corrected chi connectivity index (χ2v) is 14.9. The molecular formula is C17H27N4O15P3S2. The van der Waals surface area contributed by atoms with E-state index in [1.54, 1.807) is 10.8 Å². The van der Waals surface area contributed by atoms with Gasteiger partial charge in [-0.2, -0.15) is 8.62 Å². The molecule has 1 saturated heterocycles. The van der Waals surface area contributed by atoms with Crippen molar-refractivity contribution in [2.75, 3.05) is 31.2 Å². The van der Waals surface area contributed by atoms with Crippen molar-refractivity contribution in [2.45, 2.75) is 31.3 Å². The minimum Gasteiger partial charge on any atom is -0.390 e. The molecule has 5 atom stereocenters. The maximum absolute atomic E-state index is 12.3. The van der Waals surface area contributed by atoms with Crippen LogP contribution in [-0.2, 0) is 36.4 Å². The highest BCUT2D eigenvalue weighted by Crippen LogP contribution is 2.66. The molecule has 9 N–H and O–H groups in total. The standard InChI is InChI=1S/C17H27N4O15P3S2/c18-4-7-41-40-6-3-14(23)19-5-1-2-11-9-21(17(25)20-16(11)24)15-8-12(22)13(34-15)10-33-38(29,30)36-39(31,32)35-37(26,27)28/h9,12-13,15,22H,3-8,10,18H2,(H,19,23)(H,29,30)(H,31,32)(H,20,24,25)(H2,26,27,28)/t12-,13+,15+/m0/s1. The van der Waals surface area contributed by atoms with Crippen molar-refractivity contribution in [3.05, 3.63) is 32.6 Å². The Hall–Kier alpha value is -1.30. The average Bonchev–Trinajstić information content (AvgIpc) is 3.19. The molecule has 0 saturated carbocycles. The van der Waals surface area contributed by atoms with Gasteiger partial charge in [0.1, 0.15) is 17.9 Å². The molecule has 2 unspecified atom stereocenters. The van der Waals surface area contributed by atoms with Crippen molar-refractivity contribution in [3.8, 4) is 11.8 Å². The van der Waals surface area contributed by atoms with E-state index in [0.717, 1.165) is 16.5 Å². The van der Waals surface area contributed by atoms with Crippen LogP contribution in [0.4, 0.5) is 0 Å². The van der Waals surface area contributed by atoms with E-state index in [0.29, 0.717) is 12.3 Å². The molecule has 2 rings (SSSR count). The number of hydrogen-bond donors (Lipinski definition) is 8. The molecule has 1 aromatic heterocycles. The summed E-state index contributed by atoms with van der Waals surface area (Å²) in [5, 5.41) is 12.8. The third kappa shape index (κ3) is 13.3. The summed E-state index contributed by atoms with van der Waals surface area (Å²) in [5.41, 5.74) is 3.43. The molecule has 0 bridgehead atoms. The summed E-state index contributed by atoms with van der Waals surface area (Å²) in [7, 11) is -13.7. The number of amides is 1. The average molecular weight is 684 g/mol. The first-order valence-electron chi connectivity index (χ1n) is 11.2. The lowest BCUT2D eigenvalue weighted by Gasteiger charge is -2.19. The number of hydrogen-bond acceptors (Lipinski definition) is 14. The lowest BCUT2D eigenvalue weighted by molar-refractivity contribution is -0.120. The molecule has 0 aromatic carbocycles. The number of phosphoric ester groups is 1. The maximum Gasteiger partial charge on any atom is 0.490 e. The van der Waals surface area contributed by atoms with Crippen molar-refractivity contribution in [1.29, 1.82) is 0 Å². The fourth-order valence-electron chi connectivity index (χ4n) is 2.97. The van der Waals surface area contributed by atoms with E-state index < -0.39 is 59.8 Å². The Morgan fingerprint density at radius 1 is 1.17 bits per heavy atom. The lowest BCUT2D eigenvalue weighted by atomic mass is 10.2. The zero-order valence-electron chi connectivity index (χ0n) is 20.8. The Kier molecular flexibility index (Phi) is 14.0. The van der Waals surface area contributed by atoms with E-state index in [2.05, 4.69) is 30.3 Å². The van der Waals surface area contributed by atoms with E-state index in [1.807, 2.05) is 4.98 Å². The first-order valence-corrected chi connectivity index (χ1v) is 18.2. The molecule has 1 aliphatic rings. The normalized spacial score (nSPS) is 21.9. The minimum absolute atomic E-state index is 0.0840. The SMILES string of the molecule is NCCSSCCC(=O)NCC#Cc1cn([C@H]2C[C@H](O)[C@@H](COP(=O)(O)OP(=O)(O)OP(=O)(O)O)O2)c(=O)[nH]c1=O. The van der Waals surface area contributed by atoms with Crippen molar-refractivity contribution < 1.29 is 61.1 Å². The van der Waals surface area contributed by atoms with Crippen molar-refractivity contribution in [1.82, 2.24) is 14.9 Å². The first kappa shape index (κ1) is 35.9. The molecular weight excluding hydrogens is 657 g/mol. The van der Waals surface area contributed by atoms with Crippen LogP contribution in [0.25, 0.3) is 0 Å². The number of carbonyl (C=O) groups is 1. The molecule has 41 heavy (non-hydrogen) atoms. The van der Waals surface area contributed by atoms with Gasteiger partial charge in [-0.05, 0) is 0 Å². The van der Waals surface area contributed by atoms with Crippen LogP contribution in [0.3, 0.4) is 0 Å². The summed E-state index contributed by atoms with van der Waals surface area (Å²) in [6.07, 6.45) is -3.02. The molecule has 19 nitrogen and oxygen atoms in total. The third-order valence-corrected chi connectivity index (χ3v) is 10.8. The zero-order chi connectivity index (χ0) is 30.8. The molecule has 1 aliphatic heterocycles. The number of nitrogens with zero attached hydrogens (tertiary/aromatic N) is 1. The van der Waals surface area contributed by atoms with E-state index >= 15 is 0 Å². The van der Waals surface area contributed by atoms with Crippen LogP contribution in [0.5, 0.6) is 0 Å². The van der Waals surface area contributed by atoms with Gasteiger partial charge in [0.05, 0.1) is 19.3 Å². The number of aromatic nitrogens is 2. The van der Waals surface area contributed by atoms with Gasteiger partial charge >= 0.3 is 29.2 Å². The molecule has 0 spiro atoms. The number of nitrogens with one attached hydrogen (secondary N) is 2. The van der Waals surface area contributed by atoms with Crippen LogP contribution in [-0.4, -0.2) is 83.5 Å². The number of ether oxygens (including phenoxy) is 1. The molecule has 0 aliphatic carbocycles. The highest BCUT2D eigenvalue weighted by molar-refractivity contribution is 8.76. The number of aliphatic hydroxyl groups is 1. The third-order valence-electron chi connectivity index (χ3n) is 4.59. The van der Waals surface area contributed by atoms with Gasteiger partial charge in [-0.15, -0.1) is 0 Å². The van der Waals surface area contributed by atoms with Gasteiger partial charge in [0.2, 0.25) is 5.91 Å². The Labute approximate surface area is 239 Å². The molecule has 0 radical (unpaired) electrons. The number of H-pyrrole nitrogens is 1. The lowest BCUT2D eigenvalue weighted by Crippen LogP contribution is -2.34. The van der Waals surface area contributed by atoms with Gasteiger partial charge < -0.3 is 40.5 Å². The number of phosphoric acid groups is 3. The number of nitrogens with two attached hydrogens (primary N) is 1. The summed E-state index contributed by atoms with van der Waals surface area (Å²) < 4.78 is 51.9. The maximum atomic E-state index is 12.3. The molecule has 1 aromatic rings.